The highest BCUT2D eigenvalue weighted by Gasteiger charge is 2.47. The molecule has 2 N–H and O–H groups in total. The molecule has 1 unspecified atom stereocenters. The van der Waals surface area contributed by atoms with Gasteiger partial charge in [-0.2, -0.15) is 5.26 Å². The number of phenols is 1. The Morgan fingerprint density at radius 2 is 1.82 bits per heavy atom. The van der Waals surface area contributed by atoms with Crippen LogP contribution in [0.25, 0.3) is 5.76 Å². The minimum atomic E-state index is -0.995. The lowest BCUT2D eigenvalue weighted by Gasteiger charge is -2.26. The summed E-state index contributed by atoms with van der Waals surface area (Å²) in [4.78, 5) is 31.5. The normalized spacial score (nSPS) is 17.1. The summed E-state index contributed by atoms with van der Waals surface area (Å²) in [7, 11) is 0. The van der Waals surface area contributed by atoms with E-state index >= 15 is 0 Å². The number of ether oxygens (including phenoxy) is 1. The smallest absolute Gasteiger partial charge is 0.300 e. The molecule has 1 aliphatic rings. The molecule has 1 saturated heterocycles. The molecule has 0 spiro atoms. The van der Waals surface area contributed by atoms with Gasteiger partial charge < -0.3 is 14.9 Å². The van der Waals surface area contributed by atoms with Gasteiger partial charge in [0.25, 0.3) is 11.7 Å². The lowest BCUT2D eigenvalue weighted by Crippen LogP contribution is -2.29. The molecule has 1 fully saturated rings. The van der Waals surface area contributed by atoms with Crippen LogP contribution in [0.4, 0.5) is 5.69 Å². The molecular weight excluding hydrogens is 422 g/mol. The van der Waals surface area contributed by atoms with Crippen molar-refractivity contribution in [1.29, 1.82) is 5.26 Å². The van der Waals surface area contributed by atoms with E-state index in [1.165, 1.54) is 53.7 Å². The molecule has 8 nitrogen and oxygen atoms in total. The number of carbonyl (C=O) groups is 2. The van der Waals surface area contributed by atoms with Crippen molar-refractivity contribution in [3.63, 3.8) is 0 Å². The molecule has 1 aliphatic heterocycles. The highest BCUT2D eigenvalue weighted by molar-refractivity contribution is 6.51. The zero-order valence-electron chi connectivity index (χ0n) is 17.6. The van der Waals surface area contributed by atoms with E-state index in [0.717, 1.165) is 0 Å². The first-order valence-electron chi connectivity index (χ1n) is 10.1. The van der Waals surface area contributed by atoms with E-state index in [1.807, 2.05) is 6.07 Å². The number of aromatic nitrogens is 1. The van der Waals surface area contributed by atoms with Gasteiger partial charge in [-0.1, -0.05) is 6.07 Å². The molecule has 1 atom stereocenters. The average Bonchev–Trinajstić information content (AvgIpc) is 3.11. The summed E-state index contributed by atoms with van der Waals surface area (Å²) in [5.41, 5.74) is 1.45. The van der Waals surface area contributed by atoms with Crippen LogP contribution in [-0.4, -0.2) is 33.5 Å². The third-order valence-corrected chi connectivity index (χ3v) is 5.27. The summed E-state index contributed by atoms with van der Waals surface area (Å²) in [6, 6.07) is 14.8. The van der Waals surface area contributed by atoms with Gasteiger partial charge in [0.1, 0.15) is 5.76 Å². The highest BCUT2D eigenvalue weighted by atomic mass is 16.5. The second kappa shape index (κ2) is 8.85. The van der Waals surface area contributed by atoms with Crippen LogP contribution >= 0.6 is 0 Å². The summed E-state index contributed by atoms with van der Waals surface area (Å²) < 4.78 is 5.48. The number of aliphatic hydroxyl groups is 1. The van der Waals surface area contributed by atoms with Crippen LogP contribution in [0.5, 0.6) is 11.5 Å². The monoisotopic (exact) mass is 441 g/mol. The van der Waals surface area contributed by atoms with Crippen LogP contribution in [-0.2, 0) is 9.59 Å². The van der Waals surface area contributed by atoms with Crippen LogP contribution in [0.3, 0.4) is 0 Å². The van der Waals surface area contributed by atoms with E-state index in [0.29, 0.717) is 29.0 Å². The molecule has 0 aliphatic carbocycles. The number of anilines is 1. The van der Waals surface area contributed by atoms with Gasteiger partial charge >= 0.3 is 0 Å². The summed E-state index contributed by atoms with van der Waals surface area (Å²) in [6.45, 7) is 2.06. The molecule has 0 bridgehead atoms. The Morgan fingerprint density at radius 3 is 2.45 bits per heavy atom. The number of rotatable bonds is 5. The first kappa shape index (κ1) is 21.6. The molecule has 2 aromatic carbocycles. The number of amides is 1. The van der Waals surface area contributed by atoms with Crippen LogP contribution in [0.2, 0.25) is 0 Å². The first-order chi connectivity index (χ1) is 16.0. The van der Waals surface area contributed by atoms with Gasteiger partial charge in [-0.05, 0) is 61.0 Å². The molecule has 2 heterocycles. The van der Waals surface area contributed by atoms with Gasteiger partial charge in [0.05, 0.1) is 29.9 Å². The summed E-state index contributed by atoms with van der Waals surface area (Å²) in [5, 5.41) is 30.3. The Morgan fingerprint density at radius 1 is 1.12 bits per heavy atom. The van der Waals surface area contributed by atoms with Crippen molar-refractivity contribution in [2.45, 2.75) is 13.0 Å². The number of Topliss-reactive ketones (excluding diaryl/α,β-unsaturated/α-hetero) is 1. The van der Waals surface area contributed by atoms with E-state index in [-0.39, 0.29) is 22.8 Å². The fourth-order valence-corrected chi connectivity index (χ4v) is 3.75. The Labute approximate surface area is 189 Å². The number of ketones is 1. The van der Waals surface area contributed by atoms with Gasteiger partial charge in [-0.3, -0.25) is 19.5 Å². The zero-order chi connectivity index (χ0) is 23.5. The minimum Gasteiger partial charge on any atom is -0.507 e. The predicted octanol–water partition coefficient (Wildman–Crippen LogP) is 3.68. The molecule has 1 aromatic heterocycles. The number of hydrogen-bond acceptors (Lipinski definition) is 7. The van der Waals surface area contributed by atoms with Crippen molar-refractivity contribution in [2.24, 2.45) is 0 Å². The van der Waals surface area contributed by atoms with Gasteiger partial charge in [-0.25, -0.2) is 0 Å². The van der Waals surface area contributed by atoms with Crippen molar-refractivity contribution < 1.29 is 24.5 Å². The maximum atomic E-state index is 13.1. The van der Waals surface area contributed by atoms with Gasteiger partial charge in [0.15, 0.2) is 11.5 Å². The fourth-order valence-electron chi connectivity index (χ4n) is 3.75. The number of pyridine rings is 1. The Bertz CT molecular complexity index is 1290. The van der Waals surface area contributed by atoms with Gasteiger partial charge in [0, 0.05) is 23.6 Å². The second-order valence-electron chi connectivity index (χ2n) is 7.22. The number of nitriles is 1. The SMILES string of the molecule is CCOc1cc(C2/C(=C(/O)c3ccncc3)C(=O)C(=O)N2c2ccc(C#N)cc2)ccc1O. The van der Waals surface area contributed by atoms with Crippen LogP contribution in [0.1, 0.15) is 29.7 Å². The molecule has 4 rings (SSSR count). The van der Waals surface area contributed by atoms with Gasteiger partial charge in [0.2, 0.25) is 0 Å². The van der Waals surface area contributed by atoms with E-state index < -0.39 is 17.7 Å². The van der Waals surface area contributed by atoms with E-state index in [9.17, 15) is 19.8 Å². The zero-order valence-corrected chi connectivity index (χ0v) is 17.6. The van der Waals surface area contributed by atoms with Gasteiger partial charge in [-0.15, -0.1) is 0 Å². The van der Waals surface area contributed by atoms with Crippen molar-refractivity contribution in [1.82, 2.24) is 4.98 Å². The third-order valence-electron chi connectivity index (χ3n) is 5.27. The number of benzene rings is 2. The Hall–Kier alpha value is -4.64. The lowest BCUT2D eigenvalue weighted by atomic mass is 9.95. The number of phenolic OH excluding ortho intramolecular Hbond substituents is 1. The Balaban J connectivity index is 1.95. The molecule has 8 heteroatoms. The van der Waals surface area contributed by atoms with E-state index in [2.05, 4.69) is 4.98 Å². The maximum Gasteiger partial charge on any atom is 0.300 e. The van der Waals surface area contributed by atoms with Crippen molar-refractivity contribution in [3.05, 3.63) is 89.3 Å². The molecular formula is C25H19N3O5. The summed E-state index contributed by atoms with van der Waals surface area (Å²) in [5.74, 6) is -1.94. The first-order valence-corrected chi connectivity index (χ1v) is 10.1. The molecule has 0 saturated carbocycles. The van der Waals surface area contributed by atoms with E-state index in [4.69, 9.17) is 10.00 Å². The number of aromatic hydroxyl groups is 1. The molecule has 33 heavy (non-hydrogen) atoms. The molecule has 3 aromatic rings. The quantitative estimate of drug-likeness (QED) is 0.352. The number of carbonyl (C=O) groups excluding carboxylic acids is 2. The maximum absolute atomic E-state index is 13.1. The number of hydrogen-bond donors (Lipinski definition) is 2. The van der Waals surface area contributed by atoms with Crippen LogP contribution in [0.15, 0.2) is 72.6 Å². The standard InChI is InChI=1S/C25H19N3O5/c1-2-33-20-13-17(5-8-19(20)29)22-21(23(30)16-9-11-27-12-10-16)24(31)25(32)28(22)18-6-3-15(14-26)4-7-18/h3-13,22,29-30H,2H2,1H3/b23-21-. The topological polar surface area (TPSA) is 124 Å². The minimum absolute atomic E-state index is 0.0925. The molecule has 0 radical (unpaired) electrons. The van der Waals surface area contributed by atoms with Crippen molar-refractivity contribution in [3.8, 4) is 17.6 Å². The number of aliphatic hydroxyl groups excluding tert-OH is 1. The van der Waals surface area contributed by atoms with Crippen LogP contribution in [0, 0.1) is 11.3 Å². The van der Waals surface area contributed by atoms with E-state index in [1.54, 1.807) is 25.1 Å². The lowest BCUT2D eigenvalue weighted by molar-refractivity contribution is -0.132. The number of nitrogens with zero attached hydrogens (tertiary/aromatic N) is 3. The highest BCUT2D eigenvalue weighted by Crippen LogP contribution is 2.44. The van der Waals surface area contributed by atoms with Crippen molar-refractivity contribution in [2.75, 3.05) is 11.5 Å². The summed E-state index contributed by atoms with van der Waals surface area (Å²) >= 11 is 0. The predicted molar refractivity (Wildman–Crippen MR) is 119 cm³/mol. The second-order valence-corrected chi connectivity index (χ2v) is 7.22. The molecule has 1 amide bonds. The van der Waals surface area contributed by atoms with Crippen molar-refractivity contribution >= 4 is 23.1 Å². The van der Waals surface area contributed by atoms with Crippen LogP contribution < -0.4 is 9.64 Å². The summed E-state index contributed by atoms with van der Waals surface area (Å²) in [6.07, 6.45) is 2.93. The Kier molecular flexibility index (Phi) is 5.79. The molecule has 164 valence electrons. The third kappa shape index (κ3) is 3.88. The fraction of sp³-hybridized carbons (Fsp3) is 0.120. The average molecular weight is 441 g/mol. The largest absolute Gasteiger partial charge is 0.507 e.